The molecule has 0 bridgehead atoms. The van der Waals surface area contributed by atoms with Gasteiger partial charge in [-0.3, -0.25) is 9.59 Å². The first-order valence-electron chi connectivity index (χ1n) is 13.1. The second-order valence-corrected chi connectivity index (χ2v) is 10.3. The molecule has 0 saturated carbocycles. The molecular formula is C30H32N6O2S. The summed E-state index contributed by atoms with van der Waals surface area (Å²) >= 11 is 1.57. The van der Waals surface area contributed by atoms with Crippen molar-refractivity contribution in [2.75, 3.05) is 31.5 Å². The number of fused-ring (bicyclic) bond motifs is 1. The molecule has 200 valence electrons. The van der Waals surface area contributed by atoms with Crippen LogP contribution >= 0.6 is 11.3 Å². The lowest BCUT2D eigenvalue weighted by molar-refractivity contribution is -0.110. The van der Waals surface area contributed by atoms with E-state index in [2.05, 4.69) is 39.3 Å². The smallest absolute Gasteiger partial charge is 0.257 e. The summed E-state index contributed by atoms with van der Waals surface area (Å²) in [6.07, 6.45) is 3.54. The molecular weight excluding hydrogens is 508 g/mol. The number of thiazole rings is 1. The first kappa shape index (κ1) is 26.5. The highest BCUT2D eigenvalue weighted by atomic mass is 32.1. The Kier molecular flexibility index (Phi) is 7.72. The van der Waals surface area contributed by atoms with E-state index in [9.17, 15) is 9.59 Å². The lowest BCUT2D eigenvalue weighted by Gasteiger charge is -2.18. The largest absolute Gasteiger partial charge is 0.358 e. The Hall–Kier alpha value is -4.08. The van der Waals surface area contributed by atoms with Crippen LogP contribution in [0.5, 0.6) is 0 Å². The number of hydrogen-bond donors (Lipinski definition) is 3. The van der Waals surface area contributed by atoms with Crippen molar-refractivity contribution in [3.8, 4) is 21.8 Å². The van der Waals surface area contributed by atoms with Crippen LogP contribution in [-0.4, -0.2) is 57.8 Å². The predicted octanol–water partition coefficient (Wildman–Crippen LogP) is 5.38. The van der Waals surface area contributed by atoms with Crippen molar-refractivity contribution in [2.24, 2.45) is 0 Å². The standard InChI is InChI=1S/C30H32N6O2S/c1-5-36(6-2)13-12-31-29(38)26-18(3)24(33-19(26)4)15-23-22-14-21(16-32-27(22)35-28(23)37)25-17-39-30(34-25)20-10-8-7-9-11-20/h7-11,14-17,33H,5-6,12-13H2,1-4H3,(H,31,38)(H,32,35,37). The van der Waals surface area contributed by atoms with Crippen LogP contribution in [-0.2, 0) is 4.79 Å². The summed E-state index contributed by atoms with van der Waals surface area (Å²) in [5.41, 5.74) is 6.82. The van der Waals surface area contributed by atoms with E-state index in [0.717, 1.165) is 58.4 Å². The minimum absolute atomic E-state index is 0.115. The average Bonchev–Trinajstić information content (AvgIpc) is 3.63. The number of H-pyrrole nitrogens is 1. The predicted molar refractivity (Wildman–Crippen MR) is 158 cm³/mol. The zero-order valence-electron chi connectivity index (χ0n) is 22.6. The lowest BCUT2D eigenvalue weighted by atomic mass is 10.0. The molecule has 3 aromatic heterocycles. The number of aromatic amines is 1. The number of nitrogens with zero attached hydrogens (tertiary/aromatic N) is 3. The van der Waals surface area contributed by atoms with E-state index >= 15 is 0 Å². The zero-order valence-corrected chi connectivity index (χ0v) is 23.4. The fourth-order valence-electron chi connectivity index (χ4n) is 4.83. The molecule has 9 heteroatoms. The van der Waals surface area contributed by atoms with Crippen LogP contribution in [0.1, 0.15) is 46.7 Å². The second kappa shape index (κ2) is 11.3. The number of carbonyl (C=O) groups is 2. The van der Waals surface area contributed by atoms with E-state index in [1.54, 1.807) is 23.6 Å². The van der Waals surface area contributed by atoms with Crippen LogP contribution in [0.15, 0.2) is 48.0 Å². The minimum Gasteiger partial charge on any atom is -0.358 e. The Balaban J connectivity index is 1.41. The number of likely N-dealkylation sites (N-methyl/N-ethyl adjacent to an activating group) is 1. The number of hydrogen-bond acceptors (Lipinski definition) is 6. The average molecular weight is 541 g/mol. The normalized spacial score (nSPS) is 13.7. The number of nitrogens with one attached hydrogen (secondary N) is 3. The highest BCUT2D eigenvalue weighted by Crippen LogP contribution is 2.36. The number of anilines is 1. The van der Waals surface area contributed by atoms with Gasteiger partial charge >= 0.3 is 0 Å². The molecule has 5 rings (SSSR count). The van der Waals surface area contributed by atoms with Crippen molar-refractivity contribution in [2.45, 2.75) is 27.7 Å². The summed E-state index contributed by atoms with van der Waals surface area (Å²) in [6, 6.07) is 12.0. The first-order chi connectivity index (χ1) is 18.9. The van der Waals surface area contributed by atoms with Crippen molar-refractivity contribution in [1.82, 2.24) is 25.2 Å². The third kappa shape index (κ3) is 5.41. The van der Waals surface area contributed by atoms with Crippen molar-refractivity contribution >= 4 is 40.6 Å². The van der Waals surface area contributed by atoms with Gasteiger partial charge in [0.2, 0.25) is 0 Å². The Morgan fingerprint density at radius 1 is 1.13 bits per heavy atom. The molecule has 4 aromatic rings. The Morgan fingerprint density at radius 3 is 2.64 bits per heavy atom. The van der Waals surface area contributed by atoms with Crippen molar-refractivity contribution in [3.63, 3.8) is 0 Å². The van der Waals surface area contributed by atoms with Crippen molar-refractivity contribution < 1.29 is 9.59 Å². The second-order valence-electron chi connectivity index (χ2n) is 9.48. The molecule has 1 aromatic carbocycles. The third-order valence-corrected chi connectivity index (χ3v) is 7.97. The number of pyridine rings is 1. The monoisotopic (exact) mass is 540 g/mol. The Morgan fingerprint density at radius 2 is 1.90 bits per heavy atom. The number of carbonyl (C=O) groups excluding carboxylic acids is 2. The van der Waals surface area contributed by atoms with E-state index in [-0.39, 0.29) is 11.8 Å². The van der Waals surface area contributed by atoms with Gasteiger partial charge in [0.15, 0.2) is 0 Å². The van der Waals surface area contributed by atoms with Gasteiger partial charge in [-0.05, 0) is 44.6 Å². The van der Waals surface area contributed by atoms with Gasteiger partial charge in [0, 0.05) is 52.7 Å². The van der Waals surface area contributed by atoms with Crippen molar-refractivity contribution in [3.05, 3.63) is 76.1 Å². The van der Waals surface area contributed by atoms with Gasteiger partial charge in [0.1, 0.15) is 10.8 Å². The van der Waals surface area contributed by atoms with Crippen LogP contribution < -0.4 is 10.6 Å². The molecule has 3 N–H and O–H groups in total. The molecule has 39 heavy (non-hydrogen) atoms. The maximum atomic E-state index is 13.0. The number of rotatable bonds is 9. The van der Waals surface area contributed by atoms with Gasteiger partial charge in [-0.1, -0.05) is 44.2 Å². The summed E-state index contributed by atoms with van der Waals surface area (Å²) in [5, 5.41) is 8.82. The van der Waals surface area contributed by atoms with E-state index in [1.165, 1.54) is 0 Å². The summed E-state index contributed by atoms with van der Waals surface area (Å²) < 4.78 is 0. The fraction of sp³-hybridized carbons (Fsp3) is 0.267. The van der Waals surface area contributed by atoms with Crippen LogP contribution in [0.25, 0.3) is 33.5 Å². The molecule has 0 unspecified atom stereocenters. The van der Waals surface area contributed by atoms with Gasteiger partial charge in [-0.15, -0.1) is 11.3 Å². The summed E-state index contributed by atoms with van der Waals surface area (Å²) in [6.45, 7) is 11.3. The first-order valence-corrected chi connectivity index (χ1v) is 14.0. The summed E-state index contributed by atoms with van der Waals surface area (Å²) in [5.74, 6) is 0.176. The molecule has 8 nitrogen and oxygen atoms in total. The highest BCUT2D eigenvalue weighted by molar-refractivity contribution is 7.13. The fourth-order valence-corrected chi connectivity index (χ4v) is 5.66. The summed E-state index contributed by atoms with van der Waals surface area (Å²) in [4.78, 5) is 40.8. The molecule has 2 amide bonds. The minimum atomic E-state index is -0.227. The quantitative estimate of drug-likeness (QED) is 0.247. The Bertz CT molecular complexity index is 1550. The van der Waals surface area contributed by atoms with E-state index in [1.807, 2.05) is 55.6 Å². The van der Waals surface area contributed by atoms with Gasteiger partial charge < -0.3 is 20.5 Å². The molecule has 1 aliphatic rings. The topological polar surface area (TPSA) is 103 Å². The van der Waals surface area contributed by atoms with Crippen molar-refractivity contribution in [1.29, 1.82) is 0 Å². The number of aryl methyl sites for hydroxylation is 1. The van der Waals surface area contributed by atoms with Crippen LogP contribution in [0.4, 0.5) is 5.82 Å². The van der Waals surface area contributed by atoms with Crippen LogP contribution in [0, 0.1) is 13.8 Å². The molecule has 4 heterocycles. The number of amides is 2. The Labute approximate surface area is 232 Å². The molecule has 0 saturated heterocycles. The number of aromatic nitrogens is 3. The van der Waals surface area contributed by atoms with Gasteiger partial charge in [-0.25, -0.2) is 9.97 Å². The summed E-state index contributed by atoms with van der Waals surface area (Å²) in [7, 11) is 0. The molecule has 0 spiro atoms. The maximum Gasteiger partial charge on any atom is 0.257 e. The van der Waals surface area contributed by atoms with Crippen LogP contribution in [0.3, 0.4) is 0 Å². The van der Waals surface area contributed by atoms with Gasteiger partial charge in [-0.2, -0.15) is 0 Å². The molecule has 1 aliphatic heterocycles. The van der Waals surface area contributed by atoms with Crippen LogP contribution in [0.2, 0.25) is 0 Å². The zero-order chi connectivity index (χ0) is 27.5. The third-order valence-electron chi connectivity index (χ3n) is 7.08. The molecule has 0 atom stereocenters. The SMILES string of the molecule is CCN(CC)CCNC(=O)c1c(C)[nH]c(C=C2C(=O)Nc3ncc(-c4csc(-c5ccccc5)n4)cc32)c1C. The maximum absolute atomic E-state index is 13.0. The van der Waals surface area contributed by atoms with E-state index in [0.29, 0.717) is 29.1 Å². The van der Waals surface area contributed by atoms with Gasteiger partial charge in [0.25, 0.3) is 11.8 Å². The lowest BCUT2D eigenvalue weighted by Crippen LogP contribution is -2.35. The molecule has 0 radical (unpaired) electrons. The van der Waals surface area contributed by atoms with Gasteiger partial charge in [0.05, 0.1) is 16.8 Å². The number of benzene rings is 1. The van der Waals surface area contributed by atoms with E-state index < -0.39 is 0 Å². The molecule has 0 aliphatic carbocycles. The molecule has 0 fully saturated rings. The van der Waals surface area contributed by atoms with E-state index in [4.69, 9.17) is 4.98 Å². The highest BCUT2D eigenvalue weighted by Gasteiger charge is 2.27.